The third-order valence-electron chi connectivity index (χ3n) is 5.74. The Morgan fingerprint density at radius 1 is 1.08 bits per heavy atom. The molecule has 2 aromatic rings. The van der Waals surface area contributed by atoms with Crippen molar-refractivity contribution in [2.24, 2.45) is 11.8 Å². The summed E-state index contributed by atoms with van der Waals surface area (Å²) in [4.78, 5) is 10.1. The predicted molar refractivity (Wildman–Crippen MR) is 96.4 cm³/mol. The Labute approximate surface area is 153 Å². The second-order valence-electron chi connectivity index (χ2n) is 7.85. The van der Waals surface area contributed by atoms with E-state index in [-0.39, 0.29) is 5.88 Å². The Morgan fingerprint density at radius 2 is 1.77 bits per heavy atom. The first-order chi connectivity index (χ1) is 12.5. The van der Waals surface area contributed by atoms with Crippen molar-refractivity contribution >= 4 is 0 Å². The fourth-order valence-electron chi connectivity index (χ4n) is 4.67. The standard InChI is InChI=1S/C20H25N3O3/c24-18(17-9-22-19(25)10-21-17)13-23-11-15-7-20(26,8-16(15)12-23)6-14-4-2-1-3-5-14/h1-5,9-10,15-16,18,24,26H,6-8,11-13H2,(H,22,25)/t15-,16+,18?,20-. The van der Waals surface area contributed by atoms with Crippen molar-refractivity contribution in [3.63, 3.8) is 0 Å². The molecule has 6 heteroatoms. The van der Waals surface area contributed by atoms with Crippen LogP contribution in [-0.4, -0.2) is 55.4 Å². The van der Waals surface area contributed by atoms with Gasteiger partial charge in [0.15, 0.2) is 0 Å². The molecule has 26 heavy (non-hydrogen) atoms. The predicted octanol–water partition coefficient (Wildman–Crippen LogP) is 1.53. The van der Waals surface area contributed by atoms with Crippen molar-refractivity contribution in [1.29, 1.82) is 0 Å². The summed E-state index contributed by atoms with van der Waals surface area (Å²) in [5, 5.41) is 30.6. The highest BCUT2D eigenvalue weighted by atomic mass is 16.3. The summed E-state index contributed by atoms with van der Waals surface area (Å²) in [6.45, 7) is 2.29. The number of hydrogen-bond donors (Lipinski definition) is 3. The first-order valence-corrected chi connectivity index (χ1v) is 9.18. The maximum atomic E-state index is 11.0. The largest absolute Gasteiger partial charge is 0.492 e. The minimum absolute atomic E-state index is 0.144. The van der Waals surface area contributed by atoms with Crippen molar-refractivity contribution < 1.29 is 15.3 Å². The van der Waals surface area contributed by atoms with Crippen LogP contribution in [0.2, 0.25) is 0 Å². The minimum Gasteiger partial charge on any atom is -0.492 e. The lowest BCUT2D eigenvalue weighted by Gasteiger charge is -2.26. The van der Waals surface area contributed by atoms with Crippen LogP contribution in [0, 0.1) is 11.8 Å². The first-order valence-electron chi connectivity index (χ1n) is 9.18. The van der Waals surface area contributed by atoms with Crippen LogP contribution in [0.25, 0.3) is 0 Å². The van der Waals surface area contributed by atoms with Gasteiger partial charge in [-0.15, -0.1) is 0 Å². The fraction of sp³-hybridized carbons (Fsp3) is 0.500. The van der Waals surface area contributed by atoms with Crippen LogP contribution in [0.1, 0.15) is 30.2 Å². The number of nitrogens with zero attached hydrogens (tertiary/aromatic N) is 3. The van der Waals surface area contributed by atoms with Crippen LogP contribution in [0.4, 0.5) is 0 Å². The lowest BCUT2D eigenvalue weighted by atomic mass is 9.91. The molecule has 1 aliphatic carbocycles. The highest BCUT2D eigenvalue weighted by Gasteiger charge is 2.48. The zero-order valence-corrected chi connectivity index (χ0v) is 14.7. The van der Waals surface area contributed by atoms with Gasteiger partial charge >= 0.3 is 0 Å². The molecule has 0 radical (unpaired) electrons. The summed E-state index contributed by atoms with van der Waals surface area (Å²) in [5.74, 6) is 0.804. The lowest BCUT2D eigenvalue weighted by Crippen LogP contribution is -2.33. The van der Waals surface area contributed by atoms with E-state index in [1.165, 1.54) is 18.0 Å². The summed E-state index contributed by atoms with van der Waals surface area (Å²) in [6, 6.07) is 10.2. The summed E-state index contributed by atoms with van der Waals surface area (Å²) in [7, 11) is 0. The zero-order valence-electron chi connectivity index (χ0n) is 14.7. The Morgan fingerprint density at radius 3 is 2.38 bits per heavy atom. The van der Waals surface area contributed by atoms with E-state index in [1.807, 2.05) is 18.2 Å². The number of aliphatic hydroxyl groups excluding tert-OH is 1. The van der Waals surface area contributed by atoms with Gasteiger partial charge in [0.1, 0.15) is 6.10 Å². The number of rotatable bonds is 5. The molecule has 2 aliphatic rings. The average molecular weight is 355 g/mol. The molecular formula is C20H25N3O3. The van der Waals surface area contributed by atoms with Gasteiger partial charge in [-0.05, 0) is 30.2 Å². The molecular weight excluding hydrogens is 330 g/mol. The Kier molecular flexibility index (Phi) is 4.65. The maximum Gasteiger partial charge on any atom is 0.229 e. The average Bonchev–Trinajstić information content (AvgIpc) is 3.10. The number of β-amino-alcohol motifs (C(OH)–C–C–N with tert-alkyl or cyclic N) is 1. The third kappa shape index (κ3) is 3.72. The Bertz CT molecular complexity index is 724. The molecule has 4 atom stereocenters. The smallest absolute Gasteiger partial charge is 0.229 e. The zero-order chi connectivity index (χ0) is 18.1. The number of hydrogen-bond acceptors (Lipinski definition) is 6. The molecule has 0 amide bonds. The van der Waals surface area contributed by atoms with Gasteiger partial charge in [0.25, 0.3) is 0 Å². The molecule has 1 unspecified atom stereocenters. The van der Waals surface area contributed by atoms with Gasteiger partial charge in [-0.3, -0.25) is 9.88 Å². The second-order valence-corrected chi connectivity index (χ2v) is 7.85. The van der Waals surface area contributed by atoms with Gasteiger partial charge in [0.05, 0.1) is 23.7 Å². The van der Waals surface area contributed by atoms with E-state index in [9.17, 15) is 15.3 Å². The van der Waals surface area contributed by atoms with Crippen LogP contribution < -0.4 is 0 Å². The molecule has 1 saturated heterocycles. The Hall–Kier alpha value is -2.02. The monoisotopic (exact) mass is 355 g/mol. The normalized spacial score (nSPS) is 29.6. The summed E-state index contributed by atoms with van der Waals surface area (Å²) < 4.78 is 0. The molecule has 138 valence electrons. The second kappa shape index (κ2) is 6.95. The molecule has 2 heterocycles. The molecule has 2 fully saturated rings. The van der Waals surface area contributed by atoms with E-state index >= 15 is 0 Å². The molecule has 4 rings (SSSR count). The molecule has 3 N–H and O–H groups in total. The highest BCUT2D eigenvalue weighted by molar-refractivity contribution is 5.18. The summed E-state index contributed by atoms with van der Waals surface area (Å²) in [5.41, 5.74) is 1.05. The van der Waals surface area contributed by atoms with Crippen molar-refractivity contribution in [3.8, 4) is 5.88 Å². The molecule has 1 saturated carbocycles. The van der Waals surface area contributed by atoms with Crippen LogP contribution in [0.15, 0.2) is 42.7 Å². The van der Waals surface area contributed by atoms with Crippen molar-refractivity contribution in [1.82, 2.24) is 14.9 Å². The van der Waals surface area contributed by atoms with Crippen molar-refractivity contribution in [3.05, 3.63) is 54.0 Å². The van der Waals surface area contributed by atoms with Gasteiger partial charge in [0, 0.05) is 26.1 Å². The number of aromatic hydroxyl groups is 1. The molecule has 0 spiro atoms. The van der Waals surface area contributed by atoms with Crippen LogP contribution in [0.3, 0.4) is 0 Å². The minimum atomic E-state index is -0.717. The number of aromatic nitrogens is 2. The van der Waals surface area contributed by atoms with E-state index in [1.54, 1.807) is 0 Å². The third-order valence-corrected chi connectivity index (χ3v) is 5.74. The molecule has 1 aliphatic heterocycles. The van der Waals surface area contributed by atoms with E-state index in [4.69, 9.17) is 0 Å². The van der Waals surface area contributed by atoms with E-state index in [0.29, 0.717) is 30.5 Å². The van der Waals surface area contributed by atoms with E-state index < -0.39 is 11.7 Å². The number of fused-ring (bicyclic) bond motifs is 1. The summed E-state index contributed by atoms with van der Waals surface area (Å²) in [6.07, 6.45) is 4.30. The SMILES string of the molecule is Oc1cnc(C(O)CN2C[C@@H]3C[C@@](O)(Cc4ccccc4)C[C@@H]3C2)cn1. The van der Waals surface area contributed by atoms with Crippen LogP contribution in [-0.2, 0) is 6.42 Å². The highest BCUT2D eigenvalue weighted by Crippen LogP contribution is 2.45. The molecule has 1 aromatic carbocycles. The topological polar surface area (TPSA) is 89.7 Å². The van der Waals surface area contributed by atoms with Crippen molar-refractivity contribution in [2.45, 2.75) is 31.0 Å². The van der Waals surface area contributed by atoms with E-state index in [2.05, 4.69) is 27.0 Å². The fourth-order valence-corrected chi connectivity index (χ4v) is 4.67. The quantitative estimate of drug-likeness (QED) is 0.754. The number of benzene rings is 1. The van der Waals surface area contributed by atoms with Crippen LogP contribution >= 0.6 is 0 Å². The van der Waals surface area contributed by atoms with Gasteiger partial charge in [-0.25, -0.2) is 4.98 Å². The number of aliphatic hydroxyl groups is 2. The lowest BCUT2D eigenvalue weighted by molar-refractivity contribution is 0.0327. The molecule has 6 nitrogen and oxygen atoms in total. The van der Waals surface area contributed by atoms with Gasteiger partial charge in [0.2, 0.25) is 5.88 Å². The van der Waals surface area contributed by atoms with Gasteiger partial charge in [-0.1, -0.05) is 30.3 Å². The summed E-state index contributed by atoms with van der Waals surface area (Å²) >= 11 is 0. The van der Waals surface area contributed by atoms with E-state index in [0.717, 1.165) is 25.9 Å². The van der Waals surface area contributed by atoms with Gasteiger partial charge in [-0.2, -0.15) is 0 Å². The van der Waals surface area contributed by atoms with Crippen LogP contribution in [0.5, 0.6) is 5.88 Å². The van der Waals surface area contributed by atoms with Gasteiger partial charge < -0.3 is 15.3 Å². The molecule has 1 aromatic heterocycles. The molecule has 0 bridgehead atoms. The Balaban J connectivity index is 1.32. The maximum absolute atomic E-state index is 11.0. The first kappa shape index (κ1) is 17.4. The van der Waals surface area contributed by atoms with Crippen molar-refractivity contribution in [2.75, 3.05) is 19.6 Å². The number of likely N-dealkylation sites (tertiary alicyclic amines) is 1.